The maximum absolute atomic E-state index is 2.51. The Balaban J connectivity index is 1.07. The van der Waals surface area contributed by atoms with Gasteiger partial charge in [0.15, 0.2) is 0 Å². The van der Waals surface area contributed by atoms with E-state index < -0.39 is 5.41 Å². The Morgan fingerprint density at radius 2 is 1.00 bits per heavy atom. The summed E-state index contributed by atoms with van der Waals surface area (Å²) >= 11 is 0. The summed E-state index contributed by atoms with van der Waals surface area (Å²) in [6, 6.07) is 76.2. The highest BCUT2D eigenvalue weighted by molar-refractivity contribution is 6.13. The van der Waals surface area contributed by atoms with Crippen molar-refractivity contribution in [1.29, 1.82) is 0 Å². The maximum atomic E-state index is 2.51. The monoisotopic (exact) mass is 698 g/mol. The van der Waals surface area contributed by atoms with Crippen LogP contribution in [0.1, 0.15) is 22.3 Å². The Hall–Kier alpha value is -7.16. The standard InChI is InChI=1S/C53H34N2/c1-2-15-39(16-3-1)54(40-29-27-36(28-30-40)38-26-25-35-13-4-5-14-37(35)33-38)41-31-32-47-45(34-41)42-17-6-8-20-46(42)53(47)48-21-9-11-24-51(48)55-50-23-10-7-18-43(50)44-19-12-22-49(53)52(44)55/h1-34H. The molecule has 256 valence electrons. The SMILES string of the molecule is c1ccc(N(c2ccc(-c3ccc4ccccc4c3)cc2)c2ccc3c(c2)-c2ccccc2C32c3ccccc3-n3c4ccccc4c4cccc2c43)cc1. The first-order chi connectivity index (χ1) is 27.3. The van der Waals surface area contributed by atoms with Crippen LogP contribution in [0.4, 0.5) is 17.1 Å². The molecule has 2 heterocycles. The number of nitrogens with zero attached hydrogens (tertiary/aromatic N) is 2. The molecule has 1 unspecified atom stereocenters. The summed E-state index contributed by atoms with van der Waals surface area (Å²) in [6.45, 7) is 0. The summed E-state index contributed by atoms with van der Waals surface area (Å²) in [4.78, 5) is 2.39. The Morgan fingerprint density at radius 3 is 1.89 bits per heavy atom. The fourth-order valence-electron chi connectivity index (χ4n) is 9.89. The summed E-state index contributed by atoms with van der Waals surface area (Å²) in [6.07, 6.45) is 0. The fraction of sp³-hybridized carbons (Fsp3) is 0.0189. The molecule has 10 aromatic rings. The number of aromatic nitrogens is 1. The van der Waals surface area contributed by atoms with Gasteiger partial charge in [0.05, 0.1) is 22.1 Å². The molecular weight excluding hydrogens is 665 g/mol. The van der Waals surface area contributed by atoms with E-state index in [-0.39, 0.29) is 0 Å². The molecule has 55 heavy (non-hydrogen) atoms. The quantitative estimate of drug-likeness (QED) is 0.178. The predicted octanol–water partition coefficient (Wildman–Crippen LogP) is 13.8. The van der Waals surface area contributed by atoms with Gasteiger partial charge in [-0.1, -0.05) is 152 Å². The summed E-state index contributed by atoms with van der Waals surface area (Å²) in [5, 5.41) is 5.10. The molecule has 0 N–H and O–H groups in total. The number of para-hydroxylation sites is 4. The molecule has 9 aromatic carbocycles. The van der Waals surface area contributed by atoms with Gasteiger partial charge in [0.2, 0.25) is 0 Å². The molecule has 1 aromatic heterocycles. The minimum Gasteiger partial charge on any atom is -0.310 e. The van der Waals surface area contributed by atoms with E-state index in [4.69, 9.17) is 0 Å². The molecule has 0 bridgehead atoms. The molecule has 0 radical (unpaired) electrons. The first-order valence-electron chi connectivity index (χ1n) is 19.1. The molecule has 1 aliphatic carbocycles. The summed E-state index contributed by atoms with van der Waals surface area (Å²) in [5.74, 6) is 0. The zero-order valence-electron chi connectivity index (χ0n) is 30.0. The van der Waals surface area contributed by atoms with E-state index in [9.17, 15) is 0 Å². The van der Waals surface area contributed by atoms with Crippen molar-refractivity contribution in [2.45, 2.75) is 5.41 Å². The van der Waals surface area contributed by atoms with Gasteiger partial charge in [0.25, 0.3) is 0 Å². The first-order valence-corrected chi connectivity index (χ1v) is 19.1. The number of fused-ring (bicyclic) bond motifs is 13. The van der Waals surface area contributed by atoms with Gasteiger partial charge in [-0.3, -0.25) is 0 Å². The number of anilines is 3. The maximum Gasteiger partial charge on any atom is 0.0754 e. The second kappa shape index (κ2) is 11.4. The van der Waals surface area contributed by atoms with Crippen LogP contribution in [-0.2, 0) is 5.41 Å². The highest BCUT2D eigenvalue weighted by Gasteiger charge is 2.50. The van der Waals surface area contributed by atoms with Crippen LogP contribution in [0.3, 0.4) is 0 Å². The normalized spacial score (nSPS) is 15.0. The minimum atomic E-state index is -0.468. The zero-order chi connectivity index (χ0) is 36.1. The van der Waals surface area contributed by atoms with Crippen molar-refractivity contribution in [2.75, 3.05) is 4.90 Å². The lowest BCUT2D eigenvalue weighted by molar-refractivity contribution is 0.748. The molecule has 0 fully saturated rings. The van der Waals surface area contributed by atoms with Crippen molar-refractivity contribution in [3.05, 3.63) is 229 Å². The average molecular weight is 699 g/mol. The van der Waals surface area contributed by atoms with Crippen LogP contribution in [0.25, 0.3) is 60.5 Å². The van der Waals surface area contributed by atoms with Crippen LogP contribution < -0.4 is 4.90 Å². The van der Waals surface area contributed by atoms with Crippen molar-refractivity contribution in [3.8, 4) is 27.9 Å². The largest absolute Gasteiger partial charge is 0.310 e. The smallest absolute Gasteiger partial charge is 0.0754 e. The van der Waals surface area contributed by atoms with Gasteiger partial charge in [-0.15, -0.1) is 0 Å². The van der Waals surface area contributed by atoms with Crippen LogP contribution in [0.15, 0.2) is 206 Å². The van der Waals surface area contributed by atoms with E-state index >= 15 is 0 Å². The highest BCUT2D eigenvalue weighted by atomic mass is 15.1. The van der Waals surface area contributed by atoms with Crippen LogP contribution in [0, 0.1) is 0 Å². The molecule has 2 nitrogen and oxygen atoms in total. The third-order valence-corrected chi connectivity index (χ3v) is 12.2. The molecule has 2 heteroatoms. The highest BCUT2D eigenvalue weighted by Crippen LogP contribution is 2.61. The Kier molecular flexibility index (Phi) is 6.29. The van der Waals surface area contributed by atoms with Gasteiger partial charge in [-0.2, -0.15) is 0 Å². The summed E-state index contributed by atoms with van der Waals surface area (Å²) in [5.41, 5.74) is 17.0. The topological polar surface area (TPSA) is 8.17 Å². The molecule has 12 rings (SSSR count). The molecule has 0 saturated heterocycles. The van der Waals surface area contributed by atoms with Gasteiger partial charge in [0, 0.05) is 27.8 Å². The second-order valence-corrected chi connectivity index (χ2v) is 14.9. The Labute approximate surface area is 319 Å². The van der Waals surface area contributed by atoms with Gasteiger partial charge in [-0.25, -0.2) is 0 Å². The lowest BCUT2D eigenvalue weighted by atomic mass is 9.65. The predicted molar refractivity (Wildman–Crippen MR) is 229 cm³/mol. The molecular formula is C53H34N2. The van der Waals surface area contributed by atoms with E-state index in [1.165, 1.54) is 82.8 Å². The van der Waals surface area contributed by atoms with Gasteiger partial charge < -0.3 is 9.47 Å². The van der Waals surface area contributed by atoms with Gasteiger partial charge in [-0.05, 0) is 110 Å². The number of rotatable bonds is 4. The van der Waals surface area contributed by atoms with Crippen molar-refractivity contribution in [3.63, 3.8) is 0 Å². The zero-order valence-corrected chi connectivity index (χ0v) is 30.0. The van der Waals surface area contributed by atoms with Gasteiger partial charge in [0.1, 0.15) is 0 Å². The summed E-state index contributed by atoms with van der Waals surface area (Å²) in [7, 11) is 0. The van der Waals surface area contributed by atoms with E-state index in [0.29, 0.717) is 0 Å². The van der Waals surface area contributed by atoms with Crippen molar-refractivity contribution in [1.82, 2.24) is 4.57 Å². The minimum absolute atomic E-state index is 0.468. The molecule has 1 spiro atoms. The van der Waals surface area contributed by atoms with Crippen LogP contribution in [-0.4, -0.2) is 4.57 Å². The van der Waals surface area contributed by atoms with E-state index in [1.54, 1.807) is 0 Å². The lowest BCUT2D eigenvalue weighted by Crippen LogP contribution is -2.33. The second-order valence-electron chi connectivity index (χ2n) is 14.9. The van der Waals surface area contributed by atoms with Gasteiger partial charge >= 0.3 is 0 Å². The molecule has 1 atom stereocenters. The van der Waals surface area contributed by atoms with Crippen molar-refractivity contribution >= 4 is 49.6 Å². The first kappa shape index (κ1) is 30.3. The molecule has 2 aliphatic rings. The van der Waals surface area contributed by atoms with E-state index in [2.05, 4.69) is 216 Å². The average Bonchev–Trinajstić information content (AvgIpc) is 3.75. The summed E-state index contributed by atoms with van der Waals surface area (Å²) < 4.78 is 2.51. The molecule has 0 saturated carbocycles. The van der Waals surface area contributed by atoms with Crippen molar-refractivity contribution < 1.29 is 0 Å². The number of benzene rings is 9. The molecule has 0 amide bonds. The number of hydrogen-bond acceptors (Lipinski definition) is 1. The Morgan fingerprint density at radius 1 is 0.364 bits per heavy atom. The van der Waals surface area contributed by atoms with E-state index in [1.807, 2.05) is 0 Å². The fourth-order valence-corrected chi connectivity index (χ4v) is 9.89. The van der Waals surface area contributed by atoms with Crippen LogP contribution >= 0.6 is 0 Å². The van der Waals surface area contributed by atoms with Crippen molar-refractivity contribution in [2.24, 2.45) is 0 Å². The molecule has 1 aliphatic heterocycles. The third-order valence-electron chi connectivity index (χ3n) is 12.2. The van der Waals surface area contributed by atoms with Crippen LogP contribution in [0.2, 0.25) is 0 Å². The van der Waals surface area contributed by atoms with E-state index in [0.717, 1.165) is 17.1 Å². The third kappa shape index (κ3) is 4.14. The Bertz CT molecular complexity index is 3150. The lowest BCUT2D eigenvalue weighted by Gasteiger charge is -2.39. The van der Waals surface area contributed by atoms with Crippen LogP contribution in [0.5, 0.6) is 0 Å². The number of hydrogen-bond donors (Lipinski definition) is 0.